The molecule has 15 heavy (non-hydrogen) atoms. The van der Waals surface area contributed by atoms with E-state index in [2.05, 4.69) is 4.90 Å². The number of aryl methyl sites for hydroxylation is 1. The van der Waals surface area contributed by atoms with Crippen LogP contribution in [0.3, 0.4) is 0 Å². The normalized spacial score (nSPS) is 16.7. The van der Waals surface area contributed by atoms with Crippen LogP contribution in [0.15, 0.2) is 6.07 Å². The highest BCUT2D eigenvalue weighted by Crippen LogP contribution is 2.36. The summed E-state index contributed by atoms with van der Waals surface area (Å²) in [5.41, 5.74) is 0.783. The Morgan fingerprint density at radius 3 is 2.60 bits per heavy atom. The average molecular weight is 226 g/mol. The second kappa shape index (κ2) is 4.18. The number of anilines is 1. The van der Waals surface area contributed by atoms with E-state index in [9.17, 15) is 10.1 Å². The van der Waals surface area contributed by atoms with Gasteiger partial charge in [-0.2, -0.15) is 0 Å². The van der Waals surface area contributed by atoms with Crippen molar-refractivity contribution in [3.63, 3.8) is 0 Å². The smallest absolute Gasteiger partial charge is 0.328 e. The van der Waals surface area contributed by atoms with Crippen molar-refractivity contribution in [2.24, 2.45) is 0 Å². The van der Waals surface area contributed by atoms with Crippen molar-refractivity contribution in [3.05, 3.63) is 21.7 Å². The van der Waals surface area contributed by atoms with Gasteiger partial charge in [0.25, 0.3) is 0 Å². The van der Waals surface area contributed by atoms with E-state index in [4.69, 9.17) is 0 Å². The second-order valence-corrected chi connectivity index (χ2v) is 4.89. The van der Waals surface area contributed by atoms with Gasteiger partial charge in [-0.1, -0.05) is 0 Å². The molecule has 2 heterocycles. The summed E-state index contributed by atoms with van der Waals surface area (Å²) in [6.45, 7) is 3.89. The van der Waals surface area contributed by atoms with E-state index >= 15 is 0 Å². The van der Waals surface area contributed by atoms with E-state index in [1.807, 2.05) is 13.0 Å². The van der Waals surface area contributed by atoms with E-state index in [-0.39, 0.29) is 9.92 Å². The van der Waals surface area contributed by atoms with E-state index in [0.717, 1.165) is 23.7 Å². The molecular formula is C10H14N2O2S. The lowest BCUT2D eigenvalue weighted by Gasteiger charge is -2.26. The fourth-order valence-corrected chi connectivity index (χ4v) is 2.95. The molecule has 1 aromatic heterocycles. The highest BCUT2D eigenvalue weighted by Gasteiger charge is 2.20. The molecule has 0 atom stereocenters. The Kier molecular flexibility index (Phi) is 2.90. The highest BCUT2D eigenvalue weighted by molar-refractivity contribution is 7.19. The van der Waals surface area contributed by atoms with Crippen LogP contribution < -0.4 is 4.90 Å². The maximum atomic E-state index is 10.7. The summed E-state index contributed by atoms with van der Waals surface area (Å²) in [4.78, 5) is 12.7. The van der Waals surface area contributed by atoms with Gasteiger partial charge in [0, 0.05) is 18.7 Å². The first-order valence-electron chi connectivity index (χ1n) is 5.18. The van der Waals surface area contributed by atoms with E-state index in [0.29, 0.717) is 0 Å². The Hall–Kier alpha value is -1.10. The van der Waals surface area contributed by atoms with Gasteiger partial charge in [-0.25, -0.2) is 0 Å². The lowest BCUT2D eigenvalue weighted by Crippen LogP contribution is -2.28. The quantitative estimate of drug-likeness (QED) is 0.575. The van der Waals surface area contributed by atoms with Gasteiger partial charge in [-0.3, -0.25) is 10.1 Å². The van der Waals surface area contributed by atoms with Gasteiger partial charge in [-0.15, -0.1) is 0 Å². The Bertz CT molecular complexity index is 369. The molecule has 1 aliphatic heterocycles. The molecule has 2 rings (SSSR count). The van der Waals surface area contributed by atoms with Crippen LogP contribution in [-0.4, -0.2) is 18.0 Å². The fraction of sp³-hybridized carbons (Fsp3) is 0.600. The third-order valence-electron chi connectivity index (χ3n) is 2.71. The molecular weight excluding hydrogens is 212 g/mol. The largest absolute Gasteiger partial charge is 0.363 e. The molecule has 82 valence electrons. The molecule has 0 saturated carbocycles. The van der Waals surface area contributed by atoms with Gasteiger partial charge in [0.2, 0.25) is 0 Å². The lowest BCUT2D eigenvalue weighted by molar-refractivity contribution is -0.380. The molecule has 0 amide bonds. The Morgan fingerprint density at radius 2 is 2.07 bits per heavy atom. The maximum Gasteiger partial charge on any atom is 0.328 e. The molecule has 1 saturated heterocycles. The van der Waals surface area contributed by atoms with Crippen LogP contribution in [0.25, 0.3) is 0 Å². The summed E-state index contributed by atoms with van der Waals surface area (Å²) in [5, 5.41) is 12.1. The first-order valence-corrected chi connectivity index (χ1v) is 6.00. The molecule has 0 unspecified atom stereocenters. The van der Waals surface area contributed by atoms with Crippen LogP contribution in [0.2, 0.25) is 0 Å². The summed E-state index contributed by atoms with van der Waals surface area (Å²) in [6, 6.07) is 1.94. The summed E-state index contributed by atoms with van der Waals surface area (Å²) in [7, 11) is 0. The van der Waals surface area contributed by atoms with Gasteiger partial charge in [0.05, 0.1) is 9.92 Å². The van der Waals surface area contributed by atoms with Crippen molar-refractivity contribution < 1.29 is 4.92 Å². The van der Waals surface area contributed by atoms with Crippen molar-refractivity contribution in [2.45, 2.75) is 26.2 Å². The zero-order valence-electron chi connectivity index (χ0n) is 8.73. The van der Waals surface area contributed by atoms with Crippen molar-refractivity contribution in [2.75, 3.05) is 18.0 Å². The molecule has 5 heteroatoms. The van der Waals surface area contributed by atoms with Crippen LogP contribution in [0.1, 0.15) is 24.8 Å². The SMILES string of the molecule is Cc1cc(N2CCCCC2)sc1[N+](=O)[O-]. The van der Waals surface area contributed by atoms with Gasteiger partial charge < -0.3 is 4.90 Å². The van der Waals surface area contributed by atoms with Crippen molar-refractivity contribution >= 4 is 21.3 Å². The van der Waals surface area contributed by atoms with Crippen LogP contribution in [0.4, 0.5) is 10.0 Å². The van der Waals surface area contributed by atoms with Gasteiger partial charge in [-0.05, 0) is 43.6 Å². The second-order valence-electron chi connectivity index (χ2n) is 3.88. The molecule has 0 aromatic carbocycles. The minimum atomic E-state index is -0.284. The molecule has 0 bridgehead atoms. The van der Waals surface area contributed by atoms with E-state index in [1.54, 1.807) is 0 Å². The molecule has 0 aliphatic carbocycles. The minimum Gasteiger partial charge on any atom is -0.363 e. The Labute approximate surface area is 92.7 Å². The predicted molar refractivity (Wildman–Crippen MR) is 61.8 cm³/mol. The van der Waals surface area contributed by atoms with Crippen molar-refractivity contribution in [3.8, 4) is 0 Å². The highest BCUT2D eigenvalue weighted by atomic mass is 32.1. The van der Waals surface area contributed by atoms with Crippen molar-refractivity contribution in [1.29, 1.82) is 0 Å². The van der Waals surface area contributed by atoms with Gasteiger partial charge in [0.15, 0.2) is 0 Å². The standard InChI is InChI=1S/C10H14N2O2S/c1-8-7-9(15-10(8)12(13)14)11-5-3-2-4-6-11/h7H,2-6H2,1H3. The Morgan fingerprint density at radius 1 is 1.40 bits per heavy atom. The summed E-state index contributed by atoms with van der Waals surface area (Å²) < 4.78 is 0. The molecule has 0 radical (unpaired) electrons. The average Bonchev–Trinajstić information content (AvgIpc) is 2.62. The Balaban J connectivity index is 2.21. The van der Waals surface area contributed by atoms with E-state index in [1.165, 1.54) is 30.6 Å². The zero-order chi connectivity index (χ0) is 10.8. The molecule has 1 fully saturated rings. The first-order chi connectivity index (χ1) is 7.18. The zero-order valence-corrected chi connectivity index (χ0v) is 9.55. The number of piperidine rings is 1. The number of hydrogen-bond acceptors (Lipinski definition) is 4. The van der Waals surface area contributed by atoms with Crippen LogP contribution in [-0.2, 0) is 0 Å². The fourth-order valence-electron chi connectivity index (χ4n) is 1.91. The number of nitrogens with zero attached hydrogens (tertiary/aromatic N) is 2. The molecule has 0 N–H and O–H groups in total. The third-order valence-corrected chi connectivity index (χ3v) is 3.96. The number of nitro groups is 1. The summed E-state index contributed by atoms with van der Waals surface area (Å²) >= 11 is 1.30. The molecule has 4 nitrogen and oxygen atoms in total. The third kappa shape index (κ3) is 2.12. The summed E-state index contributed by atoms with van der Waals surface area (Å²) in [5.74, 6) is 0. The first kappa shape index (κ1) is 10.4. The minimum absolute atomic E-state index is 0.284. The maximum absolute atomic E-state index is 10.7. The predicted octanol–water partition coefficient (Wildman–Crippen LogP) is 2.96. The topological polar surface area (TPSA) is 46.4 Å². The van der Waals surface area contributed by atoms with Crippen LogP contribution in [0.5, 0.6) is 0 Å². The molecule has 1 aliphatic rings. The summed E-state index contributed by atoms with van der Waals surface area (Å²) in [6.07, 6.45) is 3.68. The molecule has 0 spiro atoms. The van der Waals surface area contributed by atoms with Crippen molar-refractivity contribution in [1.82, 2.24) is 0 Å². The van der Waals surface area contributed by atoms with Gasteiger partial charge >= 0.3 is 5.00 Å². The van der Waals surface area contributed by atoms with Crippen LogP contribution in [0, 0.1) is 17.0 Å². The van der Waals surface area contributed by atoms with E-state index < -0.39 is 0 Å². The van der Waals surface area contributed by atoms with Crippen LogP contribution >= 0.6 is 11.3 Å². The van der Waals surface area contributed by atoms with Gasteiger partial charge in [0.1, 0.15) is 0 Å². The monoisotopic (exact) mass is 226 g/mol. The number of hydrogen-bond donors (Lipinski definition) is 0. The lowest BCUT2D eigenvalue weighted by atomic mass is 10.1. The number of rotatable bonds is 2. The number of thiophene rings is 1. The molecule has 1 aromatic rings.